The van der Waals surface area contributed by atoms with Gasteiger partial charge in [-0.1, -0.05) is 231 Å². The Balaban J connectivity index is 4.33. The minimum atomic E-state index is -0.772. The second kappa shape index (κ2) is 52.3. The van der Waals surface area contributed by atoms with Gasteiger partial charge in [0.1, 0.15) is 13.2 Å². The number of unbranched alkanes of at least 4 members (excludes halogenated alkanes) is 33. The van der Waals surface area contributed by atoms with Crippen molar-refractivity contribution in [3.05, 3.63) is 36.5 Å². The van der Waals surface area contributed by atoms with Crippen LogP contribution >= 0.6 is 0 Å². The molecule has 6 nitrogen and oxygen atoms in total. The third-order valence-corrected chi connectivity index (χ3v) is 12.1. The van der Waals surface area contributed by atoms with Crippen LogP contribution in [0.2, 0.25) is 0 Å². The quantitative estimate of drug-likeness (QED) is 0.0262. The van der Waals surface area contributed by atoms with Gasteiger partial charge in [-0.3, -0.25) is 14.4 Å². The Bertz CT molecular complexity index is 1060. The molecule has 0 bridgehead atoms. The van der Waals surface area contributed by atoms with Crippen molar-refractivity contribution < 1.29 is 28.6 Å². The topological polar surface area (TPSA) is 78.9 Å². The van der Waals surface area contributed by atoms with Crippen molar-refractivity contribution in [1.82, 2.24) is 0 Å². The number of carbonyl (C=O) groups is 3. The number of carbonyl (C=O) groups excluding carboxylic acids is 3. The lowest BCUT2D eigenvalue weighted by molar-refractivity contribution is -0.167. The Hall–Kier alpha value is -2.37. The van der Waals surface area contributed by atoms with Crippen molar-refractivity contribution in [2.75, 3.05) is 13.2 Å². The lowest BCUT2D eigenvalue weighted by atomic mass is 10.1. The summed E-state index contributed by atoms with van der Waals surface area (Å²) in [7, 11) is 0. The average molecular weight is 885 g/mol. The van der Waals surface area contributed by atoms with Crippen molar-refractivity contribution in [3.8, 4) is 0 Å². The van der Waals surface area contributed by atoms with Gasteiger partial charge in [0.05, 0.1) is 0 Å². The summed E-state index contributed by atoms with van der Waals surface area (Å²) in [6.07, 6.45) is 61.2. The number of rotatable bonds is 50. The SMILES string of the molecule is CCCCC/C=C\C/C=C\CCCCCCCCCCCC(=O)O[C@H](COC(=O)CCCCCCCCC/C=C\CCCCCC)COC(=O)CCCCCCCCCCCCC. The Morgan fingerprint density at radius 2 is 0.571 bits per heavy atom. The molecule has 0 saturated heterocycles. The monoisotopic (exact) mass is 885 g/mol. The number of hydrogen-bond acceptors (Lipinski definition) is 6. The van der Waals surface area contributed by atoms with Gasteiger partial charge >= 0.3 is 17.9 Å². The van der Waals surface area contributed by atoms with E-state index in [-0.39, 0.29) is 31.1 Å². The van der Waals surface area contributed by atoms with E-state index in [1.165, 1.54) is 186 Å². The van der Waals surface area contributed by atoms with Crippen molar-refractivity contribution in [2.24, 2.45) is 0 Å². The molecule has 6 heteroatoms. The molecule has 0 heterocycles. The van der Waals surface area contributed by atoms with Gasteiger partial charge in [0.15, 0.2) is 6.10 Å². The Labute approximate surface area is 391 Å². The van der Waals surface area contributed by atoms with Gasteiger partial charge in [-0.2, -0.15) is 0 Å². The normalized spacial score (nSPS) is 12.2. The highest BCUT2D eigenvalue weighted by molar-refractivity contribution is 5.71. The molecule has 0 aliphatic rings. The molecule has 0 aromatic carbocycles. The molecule has 0 unspecified atom stereocenters. The van der Waals surface area contributed by atoms with Crippen LogP contribution in [0.25, 0.3) is 0 Å². The summed E-state index contributed by atoms with van der Waals surface area (Å²) in [6, 6.07) is 0. The highest BCUT2D eigenvalue weighted by atomic mass is 16.6. The molecule has 0 N–H and O–H groups in total. The van der Waals surface area contributed by atoms with Crippen LogP contribution < -0.4 is 0 Å². The second-order valence-electron chi connectivity index (χ2n) is 18.5. The van der Waals surface area contributed by atoms with E-state index in [1.807, 2.05) is 0 Å². The minimum absolute atomic E-state index is 0.0720. The van der Waals surface area contributed by atoms with Crippen LogP contribution in [0, 0.1) is 0 Å². The number of hydrogen-bond donors (Lipinski definition) is 0. The Kier molecular flexibility index (Phi) is 50.3. The molecule has 0 amide bonds. The molecular formula is C57H104O6. The summed E-state index contributed by atoms with van der Waals surface area (Å²) in [4.78, 5) is 38.0. The van der Waals surface area contributed by atoms with Gasteiger partial charge in [0.25, 0.3) is 0 Å². The summed E-state index contributed by atoms with van der Waals surface area (Å²) in [6.45, 7) is 6.62. The van der Waals surface area contributed by atoms with E-state index in [2.05, 4.69) is 57.2 Å². The largest absolute Gasteiger partial charge is 0.462 e. The maximum Gasteiger partial charge on any atom is 0.306 e. The molecule has 0 spiro atoms. The zero-order chi connectivity index (χ0) is 45.8. The van der Waals surface area contributed by atoms with E-state index in [0.29, 0.717) is 19.3 Å². The van der Waals surface area contributed by atoms with Gasteiger partial charge in [0, 0.05) is 19.3 Å². The van der Waals surface area contributed by atoms with Crippen LogP contribution in [0.15, 0.2) is 36.5 Å². The highest BCUT2D eigenvalue weighted by Gasteiger charge is 2.19. The Morgan fingerprint density at radius 3 is 0.937 bits per heavy atom. The van der Waals surface area contributed by atoms with E-state index in [0.717, 1.165) is 64.2 Å². The van der Waals surface area contributed by atoms with E-state index in [4.69, 9.17) is 14.2 Å². The van der Waals surface area contributed by atoms with Crippen molar-refractivity contribution in [1.29, 1.82) is 0 Å². The number of allylic oxidation sites excluding steroid dienone is 6. The van der Waals surface area contributed by atoms with Gasteiger partial charge in [-0.25, -0.2) is 0 Å². The molecule has 0 aliphatic heterocycles. The van der Waals surface area contributed by atoms with Gasteiger partial charge in [0.2, 0.25) is 0 Å². The number of esters is 3. The molecule has 0 saturated carbocycles. The molecule has 0 rings (SSSR count). The second-order valence-corrected chi connectivity index (χ2v) is 18.5. The number of ether oxygens (including phenoxy) is 3. The first-order valence-corrected chi connectivity index (χ1v) is 27.5. The standard InChI is InChI=1S/C57H104O6/c1-4-7-10-13-16-19-22-24-26-27-28-29-31-33-36-39-42-45-48-51-57(60)63-54(52-61-55(58)49-46-43-40-37-34-21-18-15-12-9-6-3)53-62-56(59)50-47-44-41-38-35-32-30-25-23-20-17-14-11-8-5-2/h16,19-20,23-24,26,54H,4-15,17-18,21-22,25,27-53H2,1-3H3/b19-16-,23-20-,26-24-/t54-/m0/s1. The molecule has 368 valence electrons. The van der Waals surface area contributed by atoms with Gasteiger partial charge in [-0.05, 0) is 77.0 Å². The van der Waals surface area contributed by atoms with E-state index >= 15 is 0 Å². The maximum atomic E-state index is 12.8. The summed E-state index contributed by atoms with van der Waals surface area (Å²) in [5, 5.41) is 0. The molecule has 1 atom stereocenters. The fourth-order valence-corrected chi connectivity index (χ4v) is 7.94. The van der Waals surface area contributed by atoms with Crippen LogP contribution in [0.1, 0.15) is 290 Å². The first-order valence-electron chi connectivity index (χ1n) is 27.5. The van der Waals surface area contributed by atoms with E-state index < -0.39 is 6.10 Å². The first-order chi connectivity index (χ1) is 31.0. The molecule has 0 radical (unpaired) electrons. The van der Waals surface area contributed by atoms with Gasteiger partial charge < -0.3 is 14.2 Å². The Morgan fingerprint density at radius 1 is 0.317 bits per heavy atom. The molecular weight excluding hydrogens is 781 g/mol. The van der Waals surface area contributed by atoms with Crippen LogP contribution in [-0.4, -0.2) is 37.2 Å². The molecule has 0 aromatic rings. The molecule has 0 aliphatic carbocycles. The molecule has 63 heavy (non-hydrogen) atoms. The molecule has 0 aromatic heterocycles. The summed E-state index contributed by atoms with van der Waals surface area (Å²) in [5.74, 6) is -0.869. The third kappa shape index (κ3) is 50.5. The van der Waals surface area contributed by atoms with Crippen LogP contribution in [-0.2, 0) is 28.6 Å². The van der Waals surface area contributed by atoms with Crippen molar-refractivity contribution in [2.45, 2.75) is 297 Å². The maximum absolute atomic E-state index is 12.8. The third-order valence-electron chi connectivity index (χ3n) is 12.1. The predicted molar refractivity (Wildman–Crippen MR) is 270 cm³/mol. The summed E-state index contributed by atoms with van der Waals surface area (Å²) in [5.41, 5.74) is 0. The molecule has 0 fully saturated rings. The zero-order valence-corrected chi connectivity index (χ0v) is 42.1. The van der Waals surface area contributed by atoms with Crippen LogP contribution in [0.4, 0.5) is 0 Å². The zero-order valence-electron chi connectivity index (χ0n) is 42.1. The average Bonchev–Trinajstić information content (AvgIpc) is 3.28. The fraction of sp³-hybridized carbons (Fsp3) is 0.842. The van der Waals surface area contributed by atoms with Crippen LogP contribution in [0.5, 0.6) is 0 Å². The van der Waals surface area contributed by atoms with E-state index in [1.54, 1.807) is 0 Å². The lowest BCUT2D eigenvalue weighted by Gasteiger charge is -2.18. The highest BCUT2D eigenvalue weighted by Crippen LogP contribution is 2.16. The van der Waals surface area contributed by atoms with Crippen molar-refractivity contribution >= 4 is 17.9 Å². The van der Waals surface area contributed by atoms with Crippen molar-refractivity contribution in [3.63, 3.8) is 0 Å². The van der Waals surface area contributed by atoms with Crippen LogP contribution in [0.3, 0.4) is 0 Å². The first kappa shape index (κ1) is 60.6. The lowest BCUT2D eigenvalue weighted by Crippen LogP contribution is -2.30. The van der Waals surface area contributed by atoms with Gasteiger partial charge in [-0.15, -0.1) is 0 Å². The predicted octanol–water partition coefficient (Wildman–Crippen LogP) is 18.1. The summed E-state index contributed by atoms with van der Waals surface area (Å²) < 4.78 is 16.8. The smallest absolute Gasteiger partial charge is 0.306 e. The summed E-state index contributed by atoms with van der Waals surface area (Å²) >= 11 is 0. The fourth-order valence-electron chi connectivity index (χ4n) is 7.94. The van der Waals surface area contributed by atoms with E-state index in [9.17, 15) is 14.4 Å². The minimum Gasteiger partial charge on any atom is -0.462 e.